The number of rotatable bonds is 2. The van der Waals surface area contributed by atoms with E-state index >= 15 is 0 Å². The van der Waals surface area contributed by atoms with Gasteiger partial charge in [0, 0.05) is 52.5 Å². The fourth-order valence-electron chi connectivity index (χ4n) is 7.35. The first-order valence-corrected chi connectivity index (χ1v) is 13.2. The number of Topliss-reactive ketones (excluding diaryl/α,β-unsaturated/α-hetero) is 1. The zero-order valence-electron chi connectivity index (χ0n) is 19.6. The number of fused-ring (bicyclic) bond motifs is 6. The molecule has 4 aliphatic rings. The molecule has 180 valence electrons. The van der Waals surface area contributed by atoms with Crippen molar-refractivity contribution in [3.63, 3.8) is 0 Å². The summed E-state index contributed by atoms with van der Waals surface area (Å²) in [6.07, 6.45) is 0.410. The first-order valence-electron chi connectivity index (χ1n) is 12.0. The number of aryl methyl sites for hydroxylation is 1. The number of hydrogen-bond donors (Lipinski definition) is 1. The first-order chi connectivity index (χ1) is 17.4. The van der Waals surface area contributed by atoms with Gasteiger partial charge in [-0.25, -0.2) is 0 Å². The molecule has 0 radical (unpaired) electrons. The number of nitro groups is 1. The van der Waals surface area contributed by atoms with Crippen molar-refractivity contribution >= 4 is 34.8 Å². The van der Waals surface area contributed by atoms with Gasteiger partial charge >= 0.3 is 0 Å². The van der Waals surface area contributed by atoms with Crippen molar-refractivity contribution in [2.45, 2.75) is 30.8 Å². The van der Waals surface area contributed by atoms with Gasteiger partial charge in [-0.3, -0.25) is 24.6 Å². The molecule has 7 rings (SSSR count). The number of nitrogens with zero attached hydrogens (tertiary/aromatic N) is 2. The van der Waals surface area contributed by atoms with E-state index in [-0.39, 0.29) is 29.3 Å². The van der Waals surface area contributed by atoms with Crippen LogP contribution in [-0.4, -0.2) is 39.2 Å². The third kappa shape index (κ3) is 2.43. The number of nitrogens with one attached hydrogen (secondary N) is 1. The summed E-state index contributed by atoms with van der Waals surface area (Å²) in [6, 6.07) is 20.4. The van der Waals surface area contributed by atoms with E-state index < -0.39 is 15.9 Å². The van der Waals surface area contributed by atoms with Crippen LogP contribution in [0.3, 0.4) is 0 Å². The van der Waals surface area contributed by atoms with Crippen molar-refractivity contribution in [2.24, 2.45) is 5.41 Å². The molecule has 1 N–H and O–H groups in total. The van der Waals surface area contributed by atoms with Crippen LogP contribution in [0.2, 0.25) is 0 Å². The van der Waals surface area contributed by atoms with Gasteiger partial charge in [0.25, 0.3) is 11.6 Å². The second-order valence-electron chi connectivity index (χ2n) is 10.2. The van der Waals surface area contributed by atoms with Crippen LogP contribution in [0.4, 0.5) is 11.4 Å². The van der Waals surface area contributed by atoms with Crippen molar-refractivity contribution in [3.8, 4) is 0 Å². The molecule has 7 nitrogen and oxygen atoms in total. The number of carbonyl (C=O) groups excluding carboxylic acids is 2. The second-order valence-corrected chi connectivity index (χ2v) is 11.2. The number of anilines is 1. The van der Waals surface area contributed by atoms with Gasteiger partial charge in [0.2, 0.25) is 0 Å². The zero-order valence-corrected chi connectivity index (χ0v) is 20.4. The number of carbonyl (C=O) groups is 2. The summed E-state index contributed by atoms with van der Waals surface area (Å²) in [5, 5.41) is 14.8. The lowest BCUT2D eigenvalue weighted by Crippen LogP contribution is -2.58. The lowest BCUT2D eigenvalue weighted by Gasteiger charge is -2.44. The quantitative estimate of drug-likeness (QED) is 0.409. The van der Waals surface area contributed by atoms with E-state index in [1.54, 1.807) is 17.8 Å². The molecule has 3 aromatic carbocycles. The van der Waals surface area contributed by atoms with Gasteiger partial charge in [-0.15, -0.1) is 11.8 Å². The van der Waals surface area contributed by atoms with Crippen molar-refractivity contribution in [2.75, 3.05) is 16.9 Å². The maximum absolute atomic E-state index is 14.7. The predicted molar refractivity (Wildman–Crippen MR) is 137 cm³/mol. The van der Waals surface area contributed by atoms with Crippen LogP contribution >= 0.6 is 11.8 Å². The van der Waals surface area contributed by atoms with Gasteiger partial charge in [-0.2, -0.15) is 0 Å². The maximum atomic E-state index is 14.7. The average molecular weight is 498 g/mol. The summed E-state index contributed by atoms with van der Waals surface area (Å²) in [5.41, 5.74) is 2.29. The molecule has 1 aliphatic carbocycles. The van der Waals surface area contributed by atoms with E-state index in [2.05, 4.69) is 34.5 Å². The van der Waals surface area contributed by atoms with Crippen LogP contribution in [0.15, 0.2) is 66.7 Å². The molecule has 2 fully saturated rings. The van der Waals surface area contributed by atoms with E-state index in [1.807, 2.05) is 31.2 Å². The highest BCUT2D eigenvalue weighted by Crippen LogP contribution is 2.70. The highest BCUT2D eigenvalue weighted by Gasteiger charge is 2.79. The Morgan fingerprint density at radius 1 is 1.08 bits per heavy atom. The largest absolute Gasteiger partial charge is 0.324 e. The number of amides is 1. The van der Waals surface area contributed by atoms with Gasteiger partial charge in [0.15, 0.2) is 5.78 Å². The summed E-state index contributed by atoms with van der Waals surface area (Å²) >= 11 is 1.74. The first kappa shape index (κ1) is 21.8. The predicted octanol–water partition coefficient (Wildman–Crippen LogP) is 4.65. The fourth-order valence-corrected chi connectivity index (χ4v) is 8.65. The molecule has 8 heteroatoms. The minimum atomic E-state index is -1.34. The molecule has 2 saturated heterocycles. The van der Waals surface area contributed by atoms with E-state index in [0.717, 1.165) is 22.4 Å². The van der Waals surface area contributed by atoms with Gasteiger partial charge in [0.1, 0.15) is 5.54 Å². The number of thioether (sulfide) groups is 1. The average Bonchev–Trinajstić information content (AvgIpc) is 3.58. The highest BCUT2D eigenvalue weighted by atomic mass is 32.2. The SMILES string of the molecule is Cc1ccc([C@H]2[C@@H]3CSCN3[C@@]3(C(=O)Nc4ccc([N+](=O)[O-])cc43)[C@@]23Cc2ccccc2C3=O)cc1. The Morgan fingerprint density at radius 3 is 2.61 bits per heavy atom. The molecule has 3 heterocycles. The van der Waals surface area contributed by atoms with E-state index in [1.165, 1.54) is 12.1 Å². The van der Waals surface area contributed by atoms with Crippen molar-refractivity contribution in [1.82, 2.24) is 4.90 Å². The molecule has 0 saturated carbocycles. The fraction of sp³-hybridized carbons (Fsp3) is 0.286. The Labute approximate surface area is 212 Å². The number of hydrogen-bond acceptors (Lipinski definition) is 6. The molecule has 4 atom stereocenters. The van der Waals surface area contributed by atoms with Gasteiger partial charge in [-0.05, 0) is 30.5 Å². The Kier molecular flexibility index (Phi) is 4.40. The molecule has 3 aliphatic heterocycles. The molecule has 36 heavy (non-hydrogen) atoms. The number of benzene rings is 3. The Morgan fingerprint density at radius 2 is 1.86 bits per heavy atom. The molecular formula is C28H23N3O4S. The maximum Gasteiger partial charge on any atom is 0.269 e. The van der Waals surface area contributed by atoms with Crippen LogP contribution in [0.5, 0.6) is 0 Å². The monoisotopic (exact) mass is 497 g/mol. The van der Waals surface area contributed by atoms with Gasteiger partial charge < -0.3 is 5.32 Å². The summed E-state index contributed by atoms with van der Waals surface area (Å²) in [7, 11) is 0. The van der Waals surface area contributed by atoms with E-state index in [9.17, 15) is 19.7 Å². The molecule has 0 unspecified atom stereocenters. The normalized spacial score (nSPS) is 30.0. The molecular weight excluding hydrogens is 474 g/mol. The molecule has 2 spiro atoms. The van der Waals surface area contributed by atoms with Gasteiger partial charge in [-0.1, -0.05) is 54.1 Å². The van der Waals surface area contributed by atoms with Crippen LogP contribution in [0.25, 0.3) is 0 Å². The minimum absolute atomic E-state index is 0.0439. The van der Waals surface area contributed by atoms with E-state index in [0.29, 0.717) is 29.1 Å². The van der Waals surface area contributed by atoms with Crippen molar-refractivity contribution in [1.29, 1.82) is 0 Å². The van der Waals surface area contributed by atoms with E-state index in [4.69, 9.17) is 0 Å². The highest BCUT2D eigenvalue weighted by molar-refractivity contribution is 7.99. The number of non-ortho nitro benzene ring substituents is 1. The Bertz CT molecular complexity index is 1490. The summed E-state index contributed by atoms with van der Waals surface area (Å²) in [4.78, 5) is 42.5. The lowest BCUT2D eigenvalue weighted by molar-refractivity contribution is -0.385. The summed E-state index contributed by atoms with van der Waals surface area (Å²) in [6.45, 7) is 2.03. The smallest absolute Gasteiger partial charge is 0.269 e. The summed E-state index contributed by atoms with van der Waals surface area (Å²) < 4.78 is 0. The third-order valence-corrected chi connectivity index (χ3v) is 9.70. The standard InChI is InChI=1S/C28H23N3O4S/c1-16-6-8-17(9-7-16)24-23-14-36-15-30(23)28(27(24)13-18-4-2-3-5-20(18)25(27)32)21-12-19(31(34)35)10-11-22(21)29-26(28)33/h2-12,23-24H,13-15H2,1H3,(H,29,33)/t23-,24-,27-,28-/m0/s1. The summed E-state index contributed by atoms with van der Waals surface area (Å²) in [5.74, 6) is 0.805. The topological polar surface area (TPSA) is 92.6 Å². The molecule has 0 bridgehead atoms. The zero-order chi connectivity index (χ0) is 24.8. The van der Waals surface area contributed by atoms with Crippen LogP contribution < -0.4 is 5.32 Å². The molecule has 1 amide bonds. The molecule has 0 aromatic heterocycles. The second kappa shape index (κ2) is 7.27. The number of ketones is 1. The molecule has 3 aromatic rings. The van der Waals surface area contributed by atoms with Crippen molar-refractivity contribution < 1.29 is 14.5 Å². The lowest BCUT2D eigenvalue weighted by atomic mass is 9.58. The van der Waals surface area contributed by atoms with Crippen LogP contribution in [-0.2, 0) is 16.8 Å². The van der Waals surface area contributed by atoms with Crippen molar-refractivity contribution in [3.05, 3.63) is 105 Å². The minimum Gasteiger partial charge on any atom is -0.324 e. The third-order valence-electron chi connectivity index (χ3n) is 8.66. The van der Waals surface area contributed by atoms with Crippen LogP contribution in [0, 0.1) is 22.5 Å². The van der Waals surface area contributed by atoms with Crippen LogP contribution in [0.1, 0.15) is 38.5 Å². The van der Waals surface area contributed by atoms with Gasteiger partial charge in [0.05, 0.1) is 10.3 Å². The number of nitro benzene ring substituents is 1. The Hall–Kier alpha value is -3.49. The Balaban J connectivity index is 1.58.